The molecule has 2 amide bonds. The Bertz CT molecular complexity index is 1100. The minimum absolute atomic E-state index is 0.0379. The number of anilines is 1. The number of imide groups is 1. The highest BCUT2D eigenvalue weighted by Gasteiger charge is 2.54. The largest absolute Gasteiger partial charge is 0.457 e. The summed E-state index contributed by atoms with van der Waals surface area (Å²) in [7, 11) is 0. The number of benzene rings is 2. The van der Waals surface area contributed by atoms with Gasteiger partial charge in [0.1, 0.15) is 11.4 Å². The number of carbonyl (C=O) groups excluding carboxylic acids is 3. The Hall–Kier alpha value is -3.28. The molecule has 33 heavy (non-hydrogen) atoms. The van der Waals surface area contributed by atoms with Gasteiger partial charge in [-0.05, 0) is 69.9 Å². The molecule has 2 aromatic carbocycles. The lowest BCUT2D eigenvalue weighted by molar-refractivity contribution is -0.154. The Morgan fingerprint density at radius 2 is 1.70 bits per heavy atom. The number of piperidine rings is 1. The van der Waals surface area contributed by atoms with Gasteiger partial charge in [-0.2, -0.15) is 0 Å². The molecule has 1 fully saturated rings. The second-order valence-electron chi connectivity index (χ2n) is 9.73. The zero-order valence-electron chi connectivity index (χ0n) is 19.1. The van der Waals surface area contributed by atoms with E-state index in [1.54, 1.807) is 20.8 Å². The summed E-state index contributed by atoms with van der Waals surface area (Å²) in [6.07, 6.45) is 3.28. The van der Waals surface area contributed by atoms with Crippen molar-refractivity contribution in [3.63, 3.8) is 0 Å². The number of halogens is 1. The molecule has 2 aromatic rings. The van der Waals surface area contributed by atoms with E-state index in [0.29, 0.717) is 24.1 Å². The molecule has 0 bridgehead atoms. The van der Waals surface area contributed by atoms with E-state index >= 15 is 0 Å². The van der Waals surface area contributed by atoms with E-state index in [-0.39, 0.29) is 24.7 Å². The number of hydrogen-bond acceptors (Lipinski definition) is 4. The van der Waals surface area contributed by atoms with Crippen molar-refractivity contribution in [1.29, 1.82) is 0 Å². The molecular weight excluding hydrogens is 421 g/mol. The lowest BCUT2D eigenvalue weighted by atomic mass is 9.64. The van der Waals surface area contributed by atoms with E-state index in [4.69, 9.17) is 4.74 Å². The minimum Gasteiger partial charge on any atom is -0.457 e. The molecule has 1 aliphatic carbocycles. The predicted octanol–water partition coefficient (Wildman–Crippen LogP) is 5.31. The topological polar surface area (TPSA) is 63.7 Å². The fraction of sp³-hybridized carbons (Fsp3) is 0.370. The smallest absolute Gasteiger partial charge is 0.335 e. The number of rotatable bonds is 3. The van der Waals surface area contributed by atoms with Crippen LogP contribution in [0.15, 0.2) is 66.2 Å². The number of carbonyl (C=O) groups is 3. The fourth-order valence-electron chi connectivity index (χ4n) is 4.74. The van der Waals surface area contributed by atoms with E-state index in [1.165, 1.54) is 24.3 Å². The van der Waals surface area contributed by atoms with Gasteiger partial charge in [0.05, 0.1) is 11.1 Å². The predicted molar refractivity (Wildman–Crippen MR) is 123 cm³/mol. The van der Waals surface area contributed by atoms with Gasteiger partial charge in [-0.25, -0.2) is 14.1 Å². The van der Waals surface area contributed by atoms with Gasteiger partial charge in [-0.3, -0.25) is 9.59 Å². The van der Waals surface area contributed by atoms with Crippen molar-refractivity contribution in [1.82, 2.24) is 0 Å². The minimum atomic E-state index is -1.16. The van der Waals surface area contributed by atoms with Gasteiger partial charge in [-0.1, -0.05) is 36.4 Å². The van der Waals surface area contributed by atoms with Crippen LogP contribution in [-0.4, -0.2) is 23.4 Å². The maximum Gasteiger partial charge on any atom is 0.335 e. The molecule has 0 radical (unpaired) electrons. The molecular formula is C27H28FNO4. The Labute approximate surface area is 193 Å². The van der Waals surface area contributed by atoms with Crippen molar-refractivity contribution in [3.05, 3.63) is 77.6 Å². The van der Waals surface area contributed by atoms with E-state index < -0.39 is 28.7 Å². The van der Waals surface area contributed by atoms with Crippen LogP contribution in [0.25, 0.3) is 0 Å². The standard InChI is InChI=1S/C27H28FNO4/c1-26(2,3)33-24(31)22-17-19(18-7-5-4-6-8-18)13-15-27(22)16-14-23(30)29(25(27)32)21-11-9-20(28)10-12-21/h4-12,17,19H,13-16H2,1-3H3. The van der Waals surface area contributed by atoms with Crippen molar-refractivity contribution < 1.29 is 23.5 Å². The van der Waals surface area contributed by atoms with Crippen molar-refractivity contribution >= 4 is 23.5 Å². The molecule has 2 aliphatic rings. The third-order valence-corrected chi connectivity index (χ3v) is 6.32. The summed E-state index contributed by atoms with van der Waals surface area (Å²) in [4.78, 5) is 41.2. The van der Waals surface area contributed by atoms with Crippen molar-refractivity contribution in [3.8, 4) is 0 Å². The average molecular weight is 450 g/mol. The summed E-state index contributed by atoms with van der Waals surface area (Å²) in [6, 6.07) is 15.1. The highest BCUT2D eigenvalue weighted by molar-refractivity contribution is 6.21. The Kier molecular flexibility index (Phi) is 5.95. The number of esters is 1. The summed E-state index contributed by atoms with van der Waals surface area (Å²) in [5, 5.41) is 0. The zero-order valence-corrected chi connectivity index (χ0v) is 19.1. The quantitative estimate of drug-likeness (QED) is 0.471. The van der Waals surface area contributed by atoms with Crippen LogP contribution in [-0.2, 0) is 19.1 Å². The lowest BCUT2D eigenvalue weighted by Crippen LogP contribution is -2.55. The first-order valence-electron chi connectivity index (χ1n) is 11.2. The third kappa shape index (κ3) is 4.47. The Morgan fingerprint density at radius 1 is 1.03 bits per heavy atom. The molecule has 2 atom stereocenters. The lowest BCUT2D eigenvalue weighted by Gasteiger charge is -2.44. The van der Waals surface area contributed by atoms with Gasteiger partial charge in [0.2, 0.25) is 11.8 Å². The van der Waals surface area contributed by atoms with E-state index in [2.05, 4.69) is 0 Å². The molecule has 0 N–H and O–H groups in total. The number of allylic oxidation sites excluding steroid dienone is 1. The Balaban J connectivity index is 1.78. The normalized spacial score (nSPS) is 23.5. The first kappa shape index (κ1) is 22.9. The van der Waals surface area contributed by atoms with Gasteiger partial charge in [0.25, 0.3) is 0 Å². The second kappa shape index (κ2) is 8.58. The summed E-state index contributed by atoms with van der Waals surface area (Å²) < 4.78 is 19.2. The zero-order chi connectivity index (χ0) is 23.8. The van der Waals surface area contributed by atoms with E-state index in [9.17, 15) is 18.8 Å². The van der Waals surface area contributed by atoms with Crippen LogP contribution in [0.5, 0.6) is 0 Å². The molecule has 1 aliphatic heterocycles. The van der Waals surface area contributed by atoms with Gasteiger partial charge >= 0.3 is 5.97 Å². The monoisotopic (exact) mass is 449 g/mol. The van der Waals surface area contributed by atoms with Crippen molar-refractivity contribution in [2.24, 2.45) is 5.41 Å². The maximum absolute atomic E-state index is 13.9. The molecule has 2 unspecified atom stereocenters. The van der Waals surface area contributed by atoms with Gasteiger partial charge < -0.3 is 4.74 Å². The summed E-state index contributed by atoms with van der Waals surface area (Å²) in [5.41, 5.74) is -0.219. The average Bonchev–Trinajstić information content (AvgIpc) is 2.77. The number of nitrogens with zero attached hydrogens (tertiary/aromatic N) is 1. The van der Waals surface area contributed by atoms with Crippen LogP contribution in [0, 0.1) is 11.2 Å². The second-order valence-corrected chi connectivity index (χ2v) is 9.73. The van der Waals surface area contributed by atoms with Crippen molar-refractivity contribution in [2.45, 2.75) is 58.0 Å². The maximum atomic E-state index is 13.9. The Morgan fingerprint density at radius 3 is 2.33 bits per heavy atom. The van der Waals surface area contributed by atoms with Crippen LogP contribution in [0.4, 0.5) is 10.1 Å². The molecule has 5 nitrogen and oxygen atoms in total. The van der Waals surface area contributed by atoms with Crippen molar-refractivity contribution in [2.75, 3.05) is 4.90 Å². The third-order valence-electron chi connectivity index (χ3n) is 6.32. The van der Waals surface area contributed by atoms with E-state index in [0.717, 1.165) is 10.5 Å². The number of hydrogen-bond donors (Lipinski definition) is 0. The fourth-order valence-corrected chi connectivity index (χ4v) is 4.74. The van der Waals surface area contributed by atoms with Crippen LogP contribution >= 0.6 is 0 Å². The molecule has 4 rings (SSSR count). The first-order chi connectivity index (χ1) is 15.6. The van der Waals surface area contributed by atoms with E-state index in [1.807, 2.05) is 36.4 Å². The van der Waals surface area contributed by atoms with Crippen LogP contribution < -0.4 is 4.90 Å². The molecule has 0 aromatic heterocycles. The number of ether oxygens (including phenoxy) is 1. The highest BCUT2D eigenvalue weighted by atomic mass is 19.1. The first-order valence-corrected chi connectivity index (χ1v) is 11.2. The molecule has 0 saturated carbocycles. The molecule has 1 heterocycles. The van der Waals surface area contributed by atoms with Crippen LogP contribution in [0.2, 0.25) is 0 Å². The summed E-state index contributed by atoms with van der Waals surface area (Å²) in [6.45, 7) is 5.35. The SMILES string of the molecule is CC(C)(C)OC(=O)C1=CC(c2ccccc2)CCC12CCC(=O)N(c1ccc(F)cc1)C2=O. The van der Waals surface area contributed by atoms with Gasteiger partial charge in [0.15, 0.2) is 0 Å². The summed E-state index contributed by atoms with van der Waals surface area (Å²) >= 11 is 0. The number of amides is 2. The van der Waals surface area contributed by atoms with Gasteiger partial charge in [-0.15, -0.1) is 0 Å². The molecule has 172 valence electrons. The highest BCUT2D eigenvalue weighted by Crippen LogP contribution is 2.50. The van der Waals surface area contributed by atoms with Gasteiger partial charge in [0, 0.05) is 17.9 Å². The van der Waals surface area contributed by atoms with Crippen LogP contribution in [0.1, 0.15) is 57.9 Å². The van der Waals surface area contributed by atoms with Crippen LogP contribution in [0.3, 0.4) is 0 Å². The molecule has 1 saturated heterocycles. The molecule has 6 heteroatoms. The summed E-state index contributed by atoms with van der Waals surface area (Å²) in [5.74, 6) is -1.84. The molecule has 1 spiro atoms.